The van der Waals surface area contributed by atoms with Crippen LogP contribution < -0.4 is 0 Å². The van der Waals surface area contributed by atoms with Gasteiger partial charge < -0.3 is 4.74 Å². The van der Waals surface area contributed by atoms with E-state index in [1.165, 1.54) is 12.8 Å². The lowest BCUT2D eigenvalue weighted by Crippen LogP contribution is -2.11. The molecule has 0 spiro atoms. The van der Waals surface area contributed by atoms with Gasteiger partial charge in [0.05, 0.1) is 0 Å². The molecule has 1 saturated carbocycles. The molecule has 0 aliphatic heterocycles. The van der Waals surface area contributed by atoms with E-state index in [9.17, 15) is 4.79 Å². The van der Waals surface area contributed by atoms with Crippen molar-refractivity contribution in [2.75, 3.05) is 13.2 Å². The van der Waals surface area contributed by atoms with Crippen LogP contribution in [0.2, 0.25) is 0 Å². The molecule has 0 unspecified atom stereocenters. The van der Waals surface area contributed by atoms with E-state index in [1.807, 2.05) is 6.92 Å². The zero-order valence-electron chi connectivity index (χ0n) is 8.55. The molecule has 0 amide bonds. The summed E-state index contributed by atoms with van der Waals surface area (Å²) in [5.74, 6) is 0.860. The van der Waals surface area contributed by atoms with Gasteiger partial charge in [-0.05, 0) is 26.2 Å². The summed E-state index contributed by atoms with van der Waals surface area (Å²) < 4.78 is 5.19. The second-order valence-corrected chi connectivity index (χ2v) is 3.75. The predicted molar refractivity (Wildman–Crippen MR) is 52.7 cm³/mol. The van der Waals surface area contributed by atoms with Gasteiger partial charge in [0.2, 0.25) is 0 Å². The Balaban J connectivity index is 2.03. The fourth-order valence-corrected chi connectivity index (χ4v) is 1.94. The third kappa shape index (κ3) is 3.90. The molecular weight excluding hydrogens is 164 g/mol. The van der Waals surface area contributed by atoms with Crippen LogP contribution >= 0.6 is 0 Å². The molecule has 0 atom stereocenters. The fraction of sp³-hybridized carbons (Fsp3) is 0.909. The second kappa shape index (κ2) is 6.14. The SMILES string of the molecule is CCOCCCC(=O)C1CCCC1. The van der Waals surface area contributed by atoms with Gasteiger partial charge in [-0.1, -0.05) is 12.8 Å². The largest absolute Gasteiger partial charge is 0.382 e. The molecule has 2 heteroatoms. The molecule has 0 aromatic heterocycles. The molecule has 13 heavy (non-hydrogen) atoms. The Morgan fingerprint density at radius 3 is 2.69 bits per heavy atom. The van der Waals surface area contributed by atoms with E-state index in [1.54, 1.807) is 0 Å². The van der Waals surface area contributed by atoms with E-state index in [-0.39, 0.29) is 0 Å². The molecule has 0 N–H and O–H groups in total. The number of rotatable bonds is 6. The van der Waals surface area contributed by atoms with Crippen LogP contribution in [0.4, 0.5) is 0 Å². The van der Waals surface area contributed by atoms with Crippen molar-refractivity contribution in [3.8, 4) is 0 Å². The Kier molecular flexibility index (Phi) is 5.06. The van der Waals surface area contributed by atoms with Crippen molar-refractivity contribution >= 4 is 5.78 Å². The van der Waals surface area contributed by atoms with Crippen LogP contribution in [-0.4, -0.2) is 19.0 Å². The summed E-state index contributed by atoms with van der Waals surface area (Å²) in [5.41, 5.74) is 0. The minimum absolute atomic E-state index is 0.390. The Bertz CT molecular complexity index is 148. The average Bonchev–Trinajstić information content (AvgIpc) is 2.65. The van der Waals surface area contributed by atoms with Crippen LogP contribution in [0.15, 0.2) is 0 Å². The van der Waals surface area contributed by atoms with Crippen molar-refractivity contribution in [3.05, 3.63) is 0 Å². The molecule has 0 radical (unpaired) electrons. The molecule has 0 aromatic carbocycles. The van der Waals surface area contributed by atoms with E-state index in [0.717, 1.165) is 38.9 Å². The van der Waals surface area contributed by atoms with Gasteiger partial charge in [-0.3, -0.25) is 4.79 Å². The van der Waals surface area contributed by atoms with Crippen LogP contribution in [-0.2, 0) is 9.53 Å². The number of ether oxygens (including phenoxy) is 1. The molecule has 0 bridgehead atoms. The number of hydrogen-bond donors (Lipinski definition) is 0. The zero-order valence-corrected chi connectivity index (χ0v) is 8.55. The van der Waals surface area contributed by atoms with Crippen molar-refractivity contribution in [2.24, 2.45) is 5.92 Å². The summed E-state index contributed by atoms with van der Waals surface area (Å²) in [7, 11) is 0. The first-order valence-electron chi connectivity index (χ1n) is 5.45. The molecule has 2 nitrogen and oxygen atoms in total. The number of hydrogen-bond acceptors (Lipinski definition) is 2. The van der Waals surface area contributed by atoms with E-state index >= 15 is 0 Å². The highest BCUT2D eigenvalue weighted by Gasteiger charge is 2.21. The third-order valence-electron chi connectivity index (χ3n) is 2.73. The van der Waals surface area contributed by atoms with Crippen molar-refractivity contribution in [3.63, 3.8) is 0 Å². The Morgan fingerprint density at radius 1 is 1.38 bits per heavy atom. The van der Waals surface area contributed by atoms with E-state index in [2.05, 4.69) is 0 Å². The Labute approximate surface area is 80.7 Å². The maximum atomic E-state index is 11.6. The predicted octanol–water partition coefficient (Wildman–Crippen LogP) is 2.56. The van der Waals surface area contributed by atoms with Crippen LogP contribution in [0.3, 0.4) is 0 Å². The van der Waals surface area contributed by atoms with Crippen LogP contribution in [0, 0.1) is 5.92 Å². The highest BCUT2D eigenvalue weighted by Crippen LogP contribution is 2.26. The lowest BCUT2D eigenvalue weighted by molar-refractivity contribution is -0.123. The first kappa shape index (κ1) is 10.7. The minimum Gasteiger partial charge on any atom is -0.382 e. The molecule has 1 aliphatic carbocycles. The lowest BCUT2D eigenvalue weighted by Gasteiger charge is -2.07. The van der Waals surface area contributed by atoms with E-state index in [0.29, 0.717) is 11.7 Å². The van der Waals surface area contributed by atoms with E-state index in [4.69, 9.17) is 4.74 Å². The monoisotopic (exact) mass is 184 g/mol. The molecular formula is C11H20O2. The minimum atomic E-state index is 0.390. The van der Waals surface area contributed by atoms with Gasteiger partial charge in [-0.2, -0.15) is 0 Å². The topological polar surface area (TPSA) is 26.3 Å². The molecule has 1 fully saturated rings. The van der Waals surface area contributed by atoms with Gasteiger partial charge in [0.1, 0.15) is 5.78 Å². The zero-order chi connectivity index (χ0) is 9.52. The number of ketones is 1. The number of carbonyl (C=O) groups excluding carboxylic acids is 1. The summed E-state index contributed by atoms with van der Waals surface area (Å²) in [6.07, 6.45) is 6.40. The van der Waals surface area contributed by atoms with Crippen LogP contribution in [0.1, 0.15) is 45.4 Å². The van der Waals surface area contributed by atoms with Crippen molar-refractivity contribution in [1.82, 2.24) is 0 Å². The number of Topliss-reactive ketones (excluding diaryl/α,β-unsaturated/α-hetero) is 1. The van der Waals surface area contributed by atoms with E-state index < -0.39 is 0 Å². The maximum absolute atomic E-state index is 11.6. The molecule has 0 heterocycles. The third-order valence-corrected chi connectivity index (χ3v) is 2.73. The second-order valence-electron chi connectivity index (χ2n) is 3.75. The molecule has 76 valence electrons. The van der Waals surface area contributed by atoms with Gasteiger partial charge >= 0.3 is 0 Å². The molecule has 1 aliphatic rings. The smallest absolute Gasteiger partial charge is 0.136 e. The Morgan fingerprint density at radius 2 is 2.08 bits per heavy atom. The normalized spacial score (nSPS) is 17.9. The summed E-state index contributed by atoms with van der Waals surface area (Å²) >= 11 is 0. The average molecular weight is 184 g/mol. The lowest BCUT2D eigenvalue weighted by atomic mass is 9.99. The summed E-state index contributed by atoms with van der Waals surface area (Å²) in [6.45, 7) is 3.49. The highest BCUT2D eigenvalue weighted by molar-refractivity contribution is 5.81. The quantitative estimate of drug-likeness (QED) is 0.593. The van der Waals surface area contributed by atoms with Gasteiger partial charge in [-0.25, -0.2) is 0 Å². The first-order chi connectivity index (χ1) is 6.34. The standard InChI is InChI=1S/C11H20O2/c1-2-13-9-5-8-11(12)10-6-3-4-7-10/h10H,2-9H2,1H3. The van der Waals surface area contributed by atoms with Gasteiger partial charge in [0.25, 0.3) is 0 Å². The van der Waals surface area contributed by atoms with Gasteiger partial charge in [0.15, 0.2) is 0 Å². The van der Waals surface area contributed by atoms with Crippen molar-refractivity contribution in [1.29, 1.82) is 0 Å². The number of carbonyl (C=O) groups is 1. The van der Waals surface area contributed by atoms with Gasteiger partial charge in [0, 0.05) is 25.6 Å². The maximum Gasteiger partial charge on any atom is 0.136 e. The molecule has 1 rings (SSSR count). The highest BCUT2D eigenvalue weighted by atomic mass is 16.5. The summed E-state index contributed by atoms with van der Waals surface area (Å²) in [6, 6.07) is 0. The van der Waals surface area contributed by atoms with Gasteiger partial charge in [-0.15, -0.1) is 0 Å². The summed E-state index contributed by atoms with van der Waals surface area (Å²) in [4.78, 5) is 11.6. The van der Waals surface area contributed by atoms with Crippen LogP contribution in [0.25, 0.3) is 0 Å². The molecule has 0 aromatic rings. The van der Waals surface area contributed by atoms with Crippen LogP contribution in [0.5, 0.6) is 0 Å². The summed E-state index contributed by atoms with van der Waals surface area (Å²) in [5, 5.41) is 0. The molecule has 0 saturated heterocycles. The van der Waals surface area contributed by atoms with Crippen molar-refractivity contribution in [2.45, 2.75) is 45.4 Å². The Hall–Kier alpha value is -0.370. The van der Waals surface area contributed by atoms with Crippen molar-refractivity contribution < 1.29 is 9.53 Å². The first-order valence-corrected chi connectivity index (χ1v) is 5.45. The fourth-order valence-electron chi connectivity index (χ4n) is 1.94.